The standard InChI is InChI=1S/C20H16ClN3O2/c21-13-6-8-14(9-7-13)23-19(25)15-11-16(15)20(26)24-17-5-1-3-12-4-2-10-22-18(12)17/h1-10,15-16H,11H2,(H,23,25)(H,24,26). The third-order valence-electron chi connectivity index (χ3n) is 4.47. The molecule has 1 aliphatic rings. The minimum absolute atomic E-state index is 0.150. The van der Waals surface area contributed by atoms with Gasteiger partial charge < -0.3 is 10.6 Å². The Morgan fingerprint density at radius 2 is 1.62 bits per heavy atom. The molecule has 1 aromatic heterocycles. The molecular formula is C20H16ClN3O2. The summed E-state index contributed by atoms with van der Waals surface area (Å²) < 4.78 is 0. The summed E-state index contributed by atoms with van der Waals surface area (Å²) in [6.45, 7) is 0. The largest absolute Gasteiger partial charge is 0.326 e. The highest BCUT2D eigenvalue weighted by molar-refractivity contribution is 6.30. The van der Waals surface area contributed by atoms with Crippen molar-refractivity contribution >= 4 is 45.7 Å². The number of halogens is 1. The molecule has 26 heavy (non-hydrogen) atoms. The molecule has 0 radical (unpaired) electrons. The van der Waals surface area contributed by atoms with Gasteiger partial charge in [-0.25, -0.2) is 0 Å². The summed E-state index contributed by atoms with van der Waals surface area (Å²) in [7, 11) is 0. The number of carbonyl (C=O) groups is 2. The van der Waals surface area contributed by atoms with Gasteiger partial charge in [-0.1, -0.05) is 29.8 Å². The molecule has 130 valence electrons. The highest BCUT2D eigenvalue weighted by atomic mass is 35.5. The van der Waals surface area contributed by atoms with Crippen LogP contribution in [0.2, 0.25) is 5.02 Å². The van der Waals surface area contributed by atoms with E-state index in [0.717, 1.165) is 10.9 Å². The van der Waals surface area contributed by atoms with Crippen LogP contribution in [-0.4, -0.2) is 16.8 Å². The predicted molar refractivity (Wildman–Crippen MR) is 102 cm³/mol. The van der Waals surface area contributed by atoms with Gasteiger partial charge in [0.15, 0.2) is 0 Å². The van der Waals surface area contributed by atoms with Crippen molar-refractivity contribution < 1.29 is 9.59 Å². The molecule has 2 unspecified atom stereocenters. The van der Waals surface area contributed by atoms with Crippen LogP contribution in [0.4, 0.5) is 11.4 Å². The second-order valence-electron chi connectivity index (χ2n) is 6.31. The maximum absolute atomic E-state index is 12.5. The second kappa shape index (κ2) is 6.77. The number of benzene rings is 2. The number of hydrogen-bond acceptors (Lipinski definition) is 3. The molecule has 6 heteroatoms. The van der Waals surface area contributed by atoms with E-state index in [1.54, 1.807) is 30.5 Å². The summed E-state index contributed by atoms with van der Waals surface area (Å²) in [5.74, 6) is -0.933. The van der Waals surface area contributed by atoms with E-state index in [4.69, 9.17) is 11.6 Å². The first-order valence-electron chi connectivity index (χ1n) is 8.33. The average Bonchev–Trinajstić information content (AvgIpc) is 3.45. The van der Waals surface area contributed by atoms with E-state index < -0.39 is 0 Å². The molecule has 0 spiro atoms. The first kappa shape index (κ1) is 16.5. The molecule has 0 bridgehead atoms. The van der Waals surface area contributed by atoms with E-state index in [9.17, 15) is 9.59 Å². The van der Waals surface area contributed by atoms with Crippen molar-refractivity contribution in [1.29, 1.82) is 0 Å². The second-order valence-corrected chi connectivity index (χ2v) is 6.75. The molecule has 2 aromatic carbocycles. The number of fused-ring (bicyclic) bond motifs is 1. The Kier molecular flexibility index (Phi) is 4.31. The number of amides is 2. The number of aromatic nitrogens is 1. The van der Waals surface area contributed by atoms with Crippen molar-refractivity contribution in [3.63, 3.8) is 0 Å². The molecule has 4 rings (SSSR count). The Bertz CT molecular complexity index is 983. The number of nitrogens with one attached hydrogen (secondary N) is 2. The van der Waals surface area contributed by atoms with E-state index in [2.05, 4.69) is 15.6 Å². The molecule has 0 aliphatic heterocycles. The minimum Gasteiger partial charge on any atom is -0.326 e. The zero-order valence-corrected chi connectivity index (χ0v) is 14.5. The van der Waals surface area contributed by atoms with Gasteiger partial charge in [0.05, 0.1) is 23.0 Å². The molecule has 5 nitrogen and oxygen atoms in total. The first-order chi connectivity index (χ1) is 12.6. The molecule has 0 saturated heterocycles. The molecular weight excluding hydrogens is 350 g/mol. The Morgan fingerprint density at radius 1 is 0.923 bits per heavy atom. The van der Waals surface area contributed by atoms with Crippen LogP contribution in [0.5, 0.6) is 0 Å². The molecule has 1 fully saturated rings. The van der Waals surface area contributed by atoms with Gasteiger partial charge in [-0.2, -0.15) is 0 Å². The van der Waals surface area contributed by atoms with Gasteiger partial charge in [0.1, 0.15) is 0 Å². The van der Waals surface area contributed by atoms with Crippen LogP contribution in [0.15, 0.2) is 60.8 Å². The van der Waals surface area contributed by atoms with E-state index >= 15 is 0 Å². The number of carbonyl (C=O) groups excluding carboxylic acids is 2. The van der Waals surface area contributed by atoms with Crippen LogP contribution >= 0.6 is 11.6 Å². The fourth-order valence-electron chi connectivity index (χ4n) is 2.97. The highest BCUT2D eigenvalue weighted by Crippen LogP contribution is 2.40. The van der Waals surface area contributed by atoms with Crippen LogP contribution in [-0.2, 0) is 9.59 Å². The van der Waals surface area contributed by atoms with Crippen molar-refractivity contribution in [1.82, 2.24) is 4.98 Å². The predicted octanol–water partition coefficient (Wildman–Crippen LogP) is 4.10. The summed E-state index contributed by atoms with van der Waals surface area (Å²) in [6, 6.07) is 16.3. The average molecular weight is 366 g/mol. The zero-order valence-electron chi connectivity index (χ0n) is 13.8. The number of hydrogen-bond donors (Lipinski definition) is 2. The van der Waals surface area contributed by atoms with Gasteiger partial charge in [-0.15, -0.1) is 0 Å². The lowest BCUT2D eigenvalue weighted by Crippen LogP contribution is -2.20. The van der Waals surface area contributed by atoms with Crippen molar-refractivity contribution in [3.8, 4) is 0 Å². The number of para-hydroxylation sites is 1. The lowest BCUT2D eigenvalue weighted by molar-refractivity contribution is -0.122. The van der Waals surface area contributed by atoms with E-state index in [1.807, 2.05) is 30.3 Å². The maximum atomic E-state index is 12.5. The summed E-state index contributed by atoms with van der Waals surface area (Å²) in [5.41, 5.74) is 2.08. The topological polar surface area (TPSA) is 71.1 Å². The first-order valence-corrected chi connectivity index (χ1v) is 8.70. The van der Waals surface area contributed by atoms with Gasteiger partial charge in [0.2, 0.25) is 11.8 Å². The van der Waals surface area contributed by atoms with E-state index in [0.29, 0.717) is 22.8 Å². The van der Waals surface area contributed by atoms with E-state index in [1.165, 1.54) is 0 Å². The third-order valence-corrected chi connectivity index (χ3v) is 4.72. The zero-order chi connectivity index (χ0) is 18.1. The summed E-state index contributed by atoms with van der Waals surface area (Å²) in [5, 5.41) is 7.29. The SMILES string of the molecule is O=C(Nc1ccc(Cl)cc1)C1CC1C(=O)Nc1cccc2cccnc12. The Labute approximate surface area is 155 Å². The van der Waals surface area contributed by atoms with Gasteiger partial charge in [0.25, 0.3) is 0 Å². The van der Waals surface area contributed by atoms with Crippen molar-refractivity contribution in [2.24, 2.45) is 11.8 Å². The monoisotopic (exact) mass is 365 g/mol. The normalized spacial score (nSPS) is 18.3. The highest BCUT2D eigenvalue weighted by Gasteiger charge is 2.48. The molecule has 2 atom stereocenters. The smallest absolute Gasteiger partial charge is 0.228 e. The summed E-state index contributed by atoms with van der Waals surface area (Å²) >= 11 is 5.84. The fourth-order valence-corrected chi connectivity index (χ4v) is 3.10. The van der Waals surface area contributed by atoms with Crippen LogP contribution in [0, 0.1) is 11.8 Å². The maximum Gasteiger partial charge on any atom is 0.228 e. The number of pyridine rings is 1. The number of nitrogens with zero attached hydrogens (tertiary/aromatic N) is 1. The third kappa shape index (κ3) is 3.39. The Morgan fingerprint density at radius 3 is 2.38 bits per heavy atom. The van der Waals surface area contributed by atoms with Crippen molar-refractivity contribution in [3.05, 3.63) is 65.8 Å². The summed E-state index contributed by atoms with van der Waals surface area (Å²) in [6.07, 6.45) is 2.24. The molecule has 1 saturated carbocycles. The minimum atomic E-state index is -0.318. The molecule has 1 aliphatic carbocycles. The molecule has 2 N–H and O–H groups in total. The Balaban J connectivity index is 1.40. The number of rotatable bonds is 4. The van der Waals surface area contributed by atoms with Crippen LogP contribution in [0.25, 0.3) is 10.9 Å². The molecule has 2 amide bonds. The molecule has 3 aromatic rings. The number of anilines is 2. The van der Waals surface area contributed by atoms with Gasteiger partial charge in [-0.05, 0) is 42.8 Å². The van der Waals surface area contributed by atoms with Crippen LogP contribution in [0.1, 0.15) is 6.42 Å². The fraction of sp³-hybridized carbons (Fsp3) is 0.150. The van der Waals surface area contributed by atoms with Crippen LogP contribution in [0.3, 0.4) is 0 Å². The quantitative estimate of drug-likeness (QED) is 0.731. The van der Waals surface area contributed by atoms with Crippen molar-refractivity contribution in [2.75, 3.05) is 10.6 Å². The van der Waals surface area contributed by atoms with Gasteiger partial charge in [0, 0.05) is 22.3 Å². The molecule has 1 heterocycles. The Hall–Kier alpha value is -2.92. The van der Waals surface area contributed by atoms with E-state index in [-0.39, 0.29) is 23.7 Å². The van der Waals surface area contributed by atoms with Gasteiger partial charge in [-0.3, -0.25) is 14.6 Å². The van der Waals surface area contributed by atoms with Gasteiger partial charge >= 0.3 is 0 Å². The lowest BCUT2D eigenvalue weighted by atomic mass is 10.2. The van der Waals surface area contributed by atoms with Crippen LogP contribution < -0.4 is 10.6 Å². The lowest BCUT2D eigenvalue weighted by Gasteiger charge is -2.08. The summed E-state index contributed by atoms with van der Waals surface area (Å²) in [4.78, 5) is 29.1. The van der Waals surface area contributed by atoms with Crippen molar-refractivity contribution in [2.45, 2.75) is 6.42 Å².